The molecule has 0 bridgehead atoms. The lowest BCUT2D eigenvalue weighted by atomic mass is 10.0. The first kappa shape index (κ1) is 24.0. The van der Waals surface area contributed by atoms with Gasteiger partial charge in [-0.2, -0.15) is 0 Å². The number of ether oxygens (including phenoxy) is 1. The van der Waals surface area contributed by atoms with Gasteiger partial charge in [0.2, 0.25) is 0 Å². The molecular formula is C30H29ClN4OS. The van der Waals surface area contributed by atoms with E-state index in [-0.39, 0.29) is 12.1 Å². The van der Waals surface area contributed by atoms with Crippen molar-refractivity contribution in [1.82, 2.24) is 14.9 Å². The van der Waals surface area contributed by atoms with Crippen LogP contribution in [0, 0.1) is 6.92 Å². The van der Waals surface area contributed by atoms with Crippen LogP contribution in [0.2, 0.25) is 5.02 Å². The van der Waals surface area contributed by atoms with Gasteiger partial charge in [0, 0.05) is 34.5 Å². The van der Waals surface area contributed by atoms with Crippen LogP contribution in [0.4, 0.5) is 5.69 Å². The molecule has 5 nitrogen and oxygen atoms in total. The van der Waals surface area contributed by atoms with Crippen LogP contribution < -0.4 is 15.0 Å². The third-order valence-corrected chi connectivity index (χ3v) is 8.06. The average molecular weight is 529 g/mol. The second-order valence-corrected chi connectivity index (χ2v) is 10.5. The summed E-state index contributed by atoms with van der Waals surface area (Å²) < 4.78 is 8.43. The second-order valence-electron chi connectivity index (χ2n) is 9.75. The van der Waals surface area contributed by atoms with Crippen molar-refractivity contribution in [3.8, 4) is 11.4 Å². The van der Waals surface area contributed by atoms with Crippen molar-refractivity contribution in [3.05, 3.63) is 107 Å². The van der Waals surface area contributed by atoms with Gasteiger partial charge < -0.3 is 19.5 Å². The summed E-state index contributed by atoms with van der Waals surface area (Å²) in [5.41, 5.74) is 5.16. The zero-order valence-corrected chi connectivity index (χ0v) is 22.3. The minimum absolute atomic E-state index is 0.116. The van der Waals surface area contributed by atoms with Gasteiger partial charge in [0.15, 0.2) is 5.11 Å². The molecule has 1 aliphatic heterocycles. The summed E-state index contributed by atoms with van der Waals surface area (Å²) in [5, 5.41) is 4.99. The third-order valence-electron chi connectivity index (χ3n) is 7.32. The van der Waals surface area contributed by atoms with Crippen molar-refractivity contribution in [2.24, 2.45) is 0 Å². The minimum Gasteiger partial charge on any atom is -0.490 e. The fourth-order valence-electron chi connectivity index (χ4n) is 5.47. The molecule has 188 valence electrons. The van der Waals surface area contributed by atoms with Gasteiger partial charge in [-0.15, -0.1) is 0 Å². The van der Waals surface area contributed by atoms with Crippen molar-refractivity contribution >= 4 is 34.6 Å². The van der Waals surface area contributed by atoms with Gasteiger partial charge >= 0.3 is 0 Å². The van der Waals surface area contributed by atoms with Gasteiger partial charge in [-0.1, -0.05) is 17.7 Å². The molecule has 2 aliphatic rings. The number of aromatic nitrogens is 2. The van der Waals surface area contributed by atoms with Gasteiger partial charge in [0.1, 0.15) is 11.8 Å². The number of halogens is 1. The number of rotatable bonds is 6. The van der Waals surface area contributed by atoms with Gasteiger partial charge in [0.25, 0.3) is 0 Å². The molecule has 37 heavy (non-hydrogen) atoms. The van der Waals surface area contributed by atoms with Crippen molar-refractivity contribution in [3.63, 3.8) is 0 Å². The molecule has 0 spiro atoms. The Kier molecular flexibility index (Phi) is 6.61. The molecule has 2 fully saturated rings. The number of anilines is 1. The number of pyridine rings is 1. The Bertz CT molecular complexity index is 1400. The van der Waals surface area contributed by atoms with Crippen LogP contribution >= 0.6 is 23.8 Å². The Morgan fingerprint density at radius 1 is 0.973 bits per heavy atom. The molecule has 2 aromatic carbocycles. The summed E-state index contributed by atoms with van der Waals surface area (Å²) >= 11 is 12.3. The molecule has 7 heteroatoms. The number of thiocarbonyl (C=S) groups is 1. The lowest BCUT2D eigenvalue weighted by Gasteiger charge is -2.29. The molecule has 2 atom stereocenters. The van der Waals surface area contributed by atoms with Gasteiger partial charge in [-0.3, -0.25) is 4.98 Å². The lowest BCUT2D eigenvalue weighted by Crippen LogP contribution is -2.30. The van der Waals surface area contributed by atoms with E-state index < -0.39 is 0 Å². The van der Waals surface area contributed by atoms with Crippen molar-refractivity contribution in [2.45, 2.75) is 50.8 Å². The zero-order chi connectivity index (χ0) is 25.4. The highest BCUT2D eigenvalue weighted by Crippen LogP contribution is 2.42. The largest absolute Gasteiger partial charge is 0.490 e. The predicted molar refractivity (Wildman–Crippen MR) is 153 cm³/mol. The molecule has 1 N–H and O–H groups in total. The van der Waals surface area contributed by atoms with Crippen LogP contribution in [-0.4, -0.2) is 20.8 Å². The quantitative estimate of drug-likeness (QED) is 0.265. The highest BCUT2D eigenvalue weighted by atomic mass is 35.5. The number of aryl methyl sites for hydroxylation is 1. The summed E-state index contributed by atoms with van der Waals surface area (Å²) in [5.74, 6) is 0.909. The van der Waals surface area contributed by atoms with E-state index >= 15 is 0 Å². The molecule has 0 amide bonds. The zero-order valence-electron chi connectivity index (χ0n) is 20.7. The van der Waals surface area contributed by atoms with Crippen LogP contribution in [0.25, 0.3) is 5.69 Å². The van der Waals surface area contributed by atoms with E-state index in [1.54, 1.807) is 0 Å². The highest BCUT2D eigenvalue weighted by Gasteiger charge is 2.42. The lowest BCUT2D eigenvalue weighted by molar-refractivity contribution is 0.210. The molecule has 1 aliphatic carbocycles. The van der Waals surface area contributed by atoms with Crippen molar-refractivity contribution < 1.29 is 4.74 Å². The molecule has 0 radical (unpaired) electrons. The molecular weight excluding hydrogens is 500 g/mol. The summed E-state index contributed by atoms with van der Waals surface area (Å²) in [6, 6.07) is 24.4. The van der Waals surface area contributed by atoms with E-state index in [0.717, 1.165) is 51.9 Å². The van der Waals surface area contributed by atoms with Crippen LogP contribution in [0.3, 0.4) is 0 Å². The summed E-state index contributed by atoms with van der Waals surface area (Å²) in [6.07, 6.45) is 9.02. The highest BCUT2D eigenvalue weighted by molar-refractivity contribution is 7.80. The monoisotopic (exact) mass is 528 g/mol. The van der Waals surface area contributed by atoms with E-state index in [1.165, 1.54) is 12.8 Å². The summed E-state index contributed by atoms with van der Waals surface area (Å²) in [6.45, 7) is 2.03. The van der Waals surface area contributed by atoms with Crippen LogP contribution in [0.1, 0.15) is 54.7 Å². The standard InChI is InChI=1S/C30H29ClN4OS/c1-20-19-22(13-16-25(20)31)34-18-6-10-27(34)29-28(26-9-4-5-17-32-26)33-30(37)35(29)21-11-14-24(15-12-21)36-23-7-2-3-8-23/h4-6,9-19,23,28-29H,2-3,7-8H2,1H3,(H,33,37)/t28-,29-/m0/s1. The summed E-state index contributed by atoms with van der Waals surface area (Å²) in [7, 11) is 0. The predicted octanol–water partition coefficient (Wildman–Crippen LogP) is 7.33. The third kappa shape index (κ3) is 4.72. The maximum Gasteiger partial charge on any atom is 0.174 e. The fraction of sp³-hybridized carbons (Fsp3) is 0.267. The Labute approximate surface area is 228 Å². The van der Waals surface area contributed by atoms with Crippen molar-refractivity contribution in [1.29, 1.82) is 0 Å². The Morgan fingerprint density at radius 3 is 2.49 bits per heavy atom. The van der Waals surface area contributed by atoms with Crippen LogP contribution in [0.15, 0.2) is 85.2 Å². The first-order valence-corrected chi connectivity index (χ1v) is 13.6. The molecule has 6 rings (SSSR count). The molecule has 4 aromatic rings. The Hall–Kier alpha value is -3.35. The van der Waals surface area contributed by atoms with Crippen molar-refractivity contribution in [2.75, 3.05) is 4.90 Å². The van der Waals surface area contributed by atoms with Crippen LogP contribution in [-0.2, 0) is 0 Å². The summed E-state index contributed by atoms with van der Waals surface area (Å²) in [4.78, 5) is 6.88. The number of nitrogens with zero attached hydrogens (tertiary/aromatic N) is 3. The number of benzene rings is 2. The van der Waals surface area contributed by atoms with E-state index in [0.29, 0.717) is 11.2 Å². The SMILES string of the molecule is Cc1cc(-n2cccc2[C@H]2[C@H](c3ccccn3)NC(=S)N2c2ccc(OC3CCCC3)cc2)ccc1Cl. The smallest absolute Gasteiger partial charge is 0.174 e. The normalized spacial score (nSPS) is 19.8. The molecule has 1 saturated carbocycles. The average Bonchev–Trinajstić information content (AvgIpc) is 3.67. The van der Waals surface area contributed by atoms with Gasteiger partial charge in [0.05, 0.1) is 17.8 Å². The molecule has 0 unspecified atom stereocenters. The van der Waals surface area contributed by atoms with Gasteiger partial charge in [-0.25, -0.2) is 0 Å². The molecule has 3 heterocycles. The topological polar surface area (TPSA) is 42.3 Å². The van der Waals surface area contributed by atoms with Gasteiger partial charge in [-0.05, 0) is 117 Å². The van der Waals surface area contributed by atoms with E-state index in [1.807, 2.05) is 31.3 Å². The Balaban J connectivity index is 1.40. The number of nitrogens with one attached hydrogen (secondary N) is 1. The first-order valence-electron chi connectivity index (χ1n) is 12.8. The maximum atomic E-state index is 6.34. The minimum atomic E-state index is -0.120. The Morgan fingerprint density at radius 2 is 1.76 bits per heavy atom. The fourth-order valence-corrected chi connectivity index (χ4v) is 5.93. The number of hydrogen-bond acceptors (Lipinski definition) is 3. The first-order chi connectivity index (χ1) is 18.1. The number of hydrogen-bond donors (Lipinski definition) is 1. The molecule has 1 saturated heterocycles. The van der Waals surface area contributed by atoms with E-state index in [2.05, 4.69) is 80.6 Å². The molecule has 2 aromatic heterocycles. The van der Waals surface area contributed by atoms with E-state index in [4.69, 9.17) is 28.6 Å². The van der Waals surface area contributed by atoms with Crippen LogP contribution in [0.5, 0.6) is 5.75 Å². The second kappa shape index (κ2) is 10.2. The van der Waals surface area contributed by atoms with E-state index in [9.17, 15) is 0 Å². The maximum absolute atomic E-state index is 6.34.